The first kappa shape index (κ1) is 29.0. The molecule has 1 saturated heterocycles. The second kappa shape index (κ2) is 13.8. The summed E-state index contributed by atoms with van der Waals surface area (Å²) in [5.74, 6) is 0.415. The fraction of sp³-hybridized carbons (Fsp3) is 0.429. The van der Waals surface area contributed by atoms with E-state index in [1.165, 1.54) is 35.6 Å². The molecular formula is C28H33ClN4O2S2. The largest absolute Gasteiger partial charge is 0.367 e. The van der Waals surface area contributed by atoms with Crippen molar-refractivity contribution in [2.24, 2.45) is 0 Å². The Bertz CT molecular complexity index is 1300. The van der Waals surface area contributed by atoms with E-state index < -0.39 is 0 Å². The molecule has 6 nitrogen and oxygen atoms in total. The highest BCUT2D eigenvalue weighted by molar-refractivity contribution is 8.26. The van der Waals surface area contributed by atoms with Gasteiger partial charge in [-0.3, -0.25) is 19.1 Å². The Morgan fingerprint density at radius 2 is 1.84 bits per heavy atom. The number of pyridine rings is 1. The number of anilines is 1. The van der Waals surface area contributed by atoms with Crippen molar-refractivity contribution >= 4 is 57.7 Å². The number of halogens is 1. The van der Waals surface area contributed by atoms with Gasteiger partial charge >= 0.3 is 0 Å². The van der Waals surface area contributed by atoms with Crippen molar-refractivity contribution in [2.45, 2.75) is 72.4 Å². The van der Waals surface area contributed by atoms with Gasteiger partial charge in [0.15, 0.2) is 0 Å². The summed E-state index contributed by atoms with van der Waals surface area (Å²) in [5, 5.41) is 13.7. The number of rotatable bonds is 12. The van der Waals surface area contributed by atoms with Gasteiger partial charge in [-0.2, -0.15) is 5.26 Å². The number of nitriles is 1. The maximum atomic E-state index is 13.3. The zero-order chi connectivity index (χ0) is 26.9. The molecule has 1 fully saturated rings. The average molecular weight is 557 g/mol. The Morgan fingerprint density at radius 1 is 1.14 bits per heavy atom. The van der Waals surface area contributed by atoms with Gasteiger partial charge in [-0.05, 0) is 43.5 Å². The van der Waals surface area contributed by atoms with E-state index in [0.717, 1.165) is 24.8 Å². The van der Waals surface area contributed by atoms with Crippen molar-refractivity contribution in [3.8, 4) is 6.07 Å². The van der Waals surface area contributed by atoms with Crippen molar-refractivity contribution in [3.63, 3.8) is 0 Å². The highest BCUT2D eigenvalue weighted by Crippen LogP contribution is 2.35. The third-order valence-corrected chi connectivity index (χ3v) is 8.23. The van der Waals surface area contributed by atoms with E-state index in [-0.39, 0.29) is 17.0 Å². The van der Waals surface area contributed by atoms with Gasteiger partial charge in [-0.1, -0.05) is 92.8 Å². The number of benzene rings is 1. The normalized spacial score (nSPS) is 14.5. The van der Waals surface area contributed by atoms with Crippen LogP contribution < -0.4 is 10.9 Å². The van der Waals surface area contributed by atoms with E-state index in [4.69, 9.17) is 23.8 Å². The molecular weight excluding hydrogens is 524 g/mol. The van der Waals surface area contributed by atoms with Crippen LogP contribution in [0.25, 0.3) is 6.08 Å². The van der Waals surface area contributed by atoms with Crippen LogP contribution in [0.5, 0.6) is 0 Å². The molecule has 0 bridgehead atoms. The maximum Gasteiger partial charge on any atom is 0.270 e. The second-order valence-electron chi connectivity index (χ2n) is 8.97. The summed E-state index contributed by atoms with van der Waals surface area (Å²) in [6.07, 6.45) is 8.55. The zero-order valence-electron chi connectivity index (χ0n) is 21.6. The van der Waals surface area contributed by atoms with Gasteiger partial charge in [0.25, 0.3) is 11.5 Å². The zero-order valence-corrected chi connectivity index (χ0v) is 24.0. The Morgan fingerprint density at radius 3 is 2.51 bits per heavy atom. The van der Waals surface area contributed by atoms with Crippen molar-refractivity contribution in [3.05, 3.63) is 66.8 Å². The summed E-state index contributed by atoms with van der Waals surface area (Å²) in [6.45, 7) is 7.12. The molecule has 2 heterocycles. The van der Waals surface area contributed by atoms with Crippen molar-refractivity contribution in [2.75, 3.05) is 11.9 Å². The van der Waals surface area contributed by atoms with Crippen molar-refractivity contribution in [1.29, 1.82) is 5.26 Å². The lowest BCUT2D eigenvalue weighted by Crippen LogP contribution is -2.29. The summed E-state index contributed by atoms with van der Waals surface area (Å²) >= 11 is 13.1. The minimum absolute atomic E-state index is 0.0685. The number of unbranched alkanes of at least 4 members (excludes halogenated alkanes) is 5. The lowest BCUT2D eigenvalue weighted by Gasteiger charge is -2.20. The Hall–Kier alpha value is -2.60. The highest BCUT2D eigenvalue weighted by Gasteiger charge is 2.32. The molecule has 1 aliphatic heterocycles. The Balaban J connectivity index is 1.93. The number of carbonyl (C=O) groups excluding carboxylic acids is 1. The standard InChI is InChI=1S/C28H33ClN4O2S2/c1-4-6-7-8-9-12-15-33-27(35)24(37-28(33)36)16-21-19(3)22(17-30)26(34)32(5-2)25(21)31-18-20-13-10-11-14-23(20)29/h10-11,13-14,16,31H,4-9,12,15,18H2,1-3H3/b24-16+. The number of carbonyl (C=O) groups is 1. The summed E-state index contributed by atoms with van der Waals surface area (Å²) in [7, 11) is 0. The SMILES string of the molecule is CCCCCCCCN1C(=O)/C(=C\c2c(C)c(C#N)c(=O)n(CC)c2NCc2ccccc2Cl)SC1=S. The first-order valence-electron chi connectivity index (χ1n) is 12.7. The van der Waals surface area contributed by atoms with E-state index in [0.29, 0.717) is 50.8 Å². The van der Waals surface area contributed by atoms with Crippen LogP contribution in [0.15, 0.2) is 34.0 Å². The molecule has 0 atom stereocenters. The summed E-state index contributed by atoms with van der Waals surface area (Å²) < 4.78 is 2.07. The van der Waals surface area contributed by atoms with Crippen LogP contribution in [0.2, 0.25) is 5.02 Å². The molecule has 9 heteroatoms. The second-order valence-corrected chi connectivity index (χ2v) is 11.1. The van der Waals surface area contributed by atoms with Crippen LogP contribution in [-0.4, -0.2) is 26.2 Å². The molecule has 1 aromatic carbocycles. The number of thiocarbonyl (C=S) groups is 1. The van der Waals surface area contributed by atoms with Crippen LogP contribution in [0.3, 0.4) is 0 Å². The molecule has 1 aromatic heterocycles. The predicted molar refractivity (Wildman–Crippen MR) is 158 cm³/mol. The molecule has 0 aliphatic carbocycles. The quantitative estimate of drug-likeness (QED) is 0.174. The molecule has 0 unspecified atom stereocenters. The first-order chi connectivity index (χ1) is 17.8. The van der Waals surface area contributed by atoms with Gasteiger partial charge in [0, 0.05) is 30.2 Å². The molecule has 1 aliphatic rings. The number of hydrogen-bond donors (Lipinski definition) is 1. The number of nitrogens with zero attached hydrogens (tertiary/aromatic N) is 3. The van der Waals surface area contributed by atoms with Crippen LogP contribution in [0.4, 0.5) is 5.82 Å². The molecule has 196 valence electrons. The van der Waals surface area contributed by atoms with E-state index >= 15 is 0 Å². The molecule has 0 saturated carbocycles. The summed E-state index contributed by atoms with van der Waals surface area (Å²) in [4.78, 5) is 28.5. The number of amides is 1. The molecule has 1 amide bonds. The van der Waals surface area contributed by atoms with Gasteiger partial charge in [-0.15, -0.1) is 0 Å². The van der Waals surface area contributed by atoms with Gasteiger partial charge in [0.1, 0.15) is 21.8 Å². The number of nitrogens with one attached hydrogen (secondary N) is 1. The molecule has 0 spiro atoms. The number of thioether (sulfide) groups is 1. The molecule has 37 heavy (non-hydrogen) atoms. The third-order valence-electron chi connectivity index (χ3n) is 6.48. The first-order valence-corrected chi connectivity index (χ1v) is 14.3. The average Bonchev–Trinajstić information content (AvgIpc) is 3.15. The molecule has 2 aromatic rings. The fourth-order valence-corrected chi connectivity index (χ4v) is 5.84. The Kier molecular flexibility index (Phi) is 10.8. The van der Waals surface area contributed by atoms with E-state index in [9.17, 15) is 14.9 Å². The smallest absolute Gasteiger partial charge is 0.270 e. The van der Waals surface area contributed by atoms with Gasteiger partial charge in [0.2, 0.25) is 0 Å². The maximum absolute atomic E-state index is 13.3. The number of aromatic nitrogens is 1. The van der Waals surface area contributed by atoms with E-state index in [2.05, 4.69) is 18.3 Å². The van der Waals surface area contributed by atoms with Crippen LogP contribution >= 0.6 is 35.6 Å². The topological polar surface area (TPSA) is 78.1 Å². The van der Waals surface area contributed by atoms with Crippen LogP contribution in [0.1, 0.15) is 74.6 Å². The van der Waals surface area contributed by atoms with Crippen molar-refractivity contribution in [1.82, 2.24) is 9.47 Å². The van der Waals surface area contributed by atoms with Gasteiger partial charge in [0.05, 0.1) is 4.91 Å². The summed E-state index contributed by atoms with van der Waals surface area (Å²) in [6, 6.07) is 9.53. The molecule has 0 radical (unpaired) electrons. The minimum Gasteiger partial charge on any atom is -0.367 e. The van der Waals surface area contributed by atoms with Gasteiger partial charge in [-0.25, -0.2) is 0 Å². The minimum atomic E-state index is -0.364. The fourth-order valence-electron chi connectivity index (χ4n) is 4.35. The molecule has 3 rings (SSSR count). The molecule has 1 N–H and O–H groups in total. The predicted octanol–water partition coefficient (Wildman–Crippen LogP) is 6.88. The van der Waals surface area contributed by atoms with Gasteiger partial charge < -0.3 is 5.32 Å². The van der Waals surface area contributed by atoms with E-state index in [1.54, 1.807) is 17.9 Å². The lowest BCUT2D eigenvalue weighted by molar-refractivity contribution is -0.122. The van der Waals surface area contributed by atoms with E-state index in [1.807, 2.05) is 31.2 Å². The summed E-state index contributed by atoms with van der Waals surface area (Å²) in [5.41, 5.74) is 1.73. The lowest BCUT2D eigenvalue weighted by atomic mass is 10.0. The number of hydrogen-bond acceptors (Lipinski definition) is 6. The van der Waals surface area contributed by atoms with Crippen molar-refractivity contribution < 1.29 is 4.79 Å². The monoisotopic (exact) mass is 556 g/mol. The third kappa shape index (κ3) is 6.84. The van der Waals surface area contributed by atoms with Crippen LogP contribution in [0, 0.1) is 18.3 Å². The highest BCUT2D eigenvalue weighted by atomic mass is 35.5. The van der Waals surface area contributed by atoms with Crippen LogP contribution in [-0.2, 0) is 17.9 Å². The Labute approximate surface area is 233 Å².